The summed E-state index contributed by atoms with van der Waals surface area (Å²) in [7, 11) is 1.44. The van der Waals surface area contributed by atoms with E-state index >= 15 is 0 Å². The van der Waals surface area contributed by atoms with Crippen LogP contribution in [0.25, 0.3) is 0 Å². The van der Waals surface area contributed by atoms with E-state index in [0.717, 1.165) is 30.5 Å². The summed E-state index contributed by atoms with van der Waals surface area (Å²) < 4.78 is 48.0. The van der Waals surface area contributed by atoms with Crippen molar-refractivity contribution in [3.8, 4) is 11.5 Å². The number of fused-ring (bicyclic) bond motifs is 3. The first-order valence-electron chi connectivity index (χ1n) is 13.0. The Hall–Kier alpha value is -3.56. The summed E-state index contributed by atoms with van der Waals surface area (Å²) in [5.41, 5.74) is 2.77. The zero-order valence-corrected chi connectivity index (χ0v) is 21.5. The zero-order valence-electron chi connectivity index (χ0n) is 21.5. The third-order valence-electron chi connectivity index (χ3n) is 7.91. The summed E-state index contributed by atoms with van der Waals surface area (Å²) in [4.78, 5) is 14.7. The molecule has 0 aromatic heterocycles. The van der Waals surface area contributed by atoms with Gasteiger partial charge >= 0.3 is 12.3 Å². The van der Waals surface area contributed by atoms with Crippen LogP contribution in [0.2, 0.25) is 0 Å². The molecule has 6 nitrogen and oxygen atoms in total. The van der Waals surface area contributed by atoms with Crippen LogP contribution in [0, 0.1) is 11.8 Å². The largest absolute Gasteiger partial charge is 0.573 e. The Bertz CT molecular complexity index is 1230. The Morgan fingerprint density at radius 1 is 1.05 bits per heavy atom. The Kier molecular flexibility index (Phi) is 7.81. The molecule has 3 aromatic rings. The fourth-order valence-corrected chi connectivity index (χ4v) is 6.35. The van der Waals surface area contributed by atoms with Crippen molar-refractivity contribution in [3.63, 3.8) is 0 Å². The number of carboxylic acids is 1. The van der Waals surface area contributed by atoms with E-state index in [9.17, 15) is 23.1 Å². The fourth-order valence-electron chi connectivity index (χ4n) is 6.35. The summed E-state index contributed by atoms with van der Waals surface area (Å²) in [5.74, 6) is -1.49. The SMILES string of the molecule is COc1ccc(OC(F)(F)F)cc1CNC1C(C(=O)O)C2CCN1C(C(c1ccccc1)c1ccccc1)C2. The van der Waals surface area contributed by atoms with Crippen molar-refractivity contribution < 1.29 is 32.5 Å². The van der Waals surface area contributed by atoms with Crippen LogP contribution >= 0.6 is 0 Å². The standard InChI is InChI=1S/C30H31F3N2O4/c1-38-25-13-12-23(39-30(31,32)33)16-22(25)18-34-28-27(29(36)37)21-14-15-35(28)24(17-21)26(19-8-4-2-5-9-19)20-10-6-3-7-11-20/h2-13,16,21,24,26-28,34H,14-15,17-18H2,1H3,(H,36,37). The molecule has 0 radical (unpaired) electrons. The van der Waals surface area contributed by atoms with Crippen LogP contribution < -0.4 is 14.8 Å². The van der Waals surface area contributed by atoms with Crippen LogP contribution in [0.3, 0.4) is 0 Å². The van der Waals surface area contributed by atoms with E-state index in [1.165, 1.54) is 25.3 Å². The quantitative estimate of drug-likeness (QED) is 0.366. The van der Waals surface area contributed by atoms with Crippen LogP contribution in [0.1, 0.15) is 35.4 Å². The molecule has 9 heteroatoms. The summed E-state index contributed by atoms with van der Waals surface area (Å²) in [6.45, 7) is 0.839. The van der Waals surface area contributed by atoms with Crippen molar-refractivity contribution in [3.05, 3.63) is 95.6 Å². The van der Waals surface area contributed by atoms with E-state index in [2.05, 4.69) is 39.2 Å². The number of rotatable bonds is 9. The van der Waals surface area contributed by atoms with Gasteiger partial charge in [0.05, 0.1) is 19.2 Å². The normalized spacial score (nSPS) is 24.5. The second-order valence-electron chi connectivity index (χ2n) is 10.1. The van der Waals surface area contributed by atoms with Gasteiger partial charge < -0.3 is 14.6 Å². The van der Waals surface area contributed by atoms with Crippen molar-refractivity contribution in [1.82, 2.24) is 10.2 Å². The Labute approximate surface area is 225 Å². The number of ether oxygens (including phenoxy) is 2. The average molecular weight is 541 g/mol. The van der Waals surface area contributed by atoms with Gasteiger partial charge in [-0.2, -0.15) is 0 Å². The number of hydrogen-bond acceptors (Lipinski definition) is 5. The number of carbonyl (C=O) groups is 1. The lowest BCUT2D eigenvalue weighted by molar-refractivity contribution is -0.274. The maximum Gasteiger partial charge on any atom is 0.573 e. The maximum atomic E-state index is 12.8. The molecule has 5 unspecified atom stereocenters. The number of benzene rings is 3. The average Bonchev–Trinajstić information content (AvgIpc) is 2.92. The minimum atomic E-state index is -4.82. The monoisotopic (exact) mass is 540 g/mol. The molecule has 3 aromatic carbocycles. The number of carboxylic acid groups (broad SMARTS) is 1. The number of hydrogen-bond donors (Lipinski definition) is 2. The molecular formula is C30H31F3N2O4. The topological polar surface area (TPSA) is 71.0 Å². The van der Waals surface area contributed by atoms with Gasteiger partial charge in [-0.15, -0.1) is 13.2 Å². The van der Waals surface area contributed by atoms with Gasteiger partial charge in [-0.05, 0) is 48.1 Å². The minimum Gasteiger partial charge on any atom is -0.496 e. The molecule has 2 bridgehead atoms. The number of nitrogens with zero attached hydrogens (tertiary/aromatic N) is 1. The molecule has 39 heavy (non-hydrogen) atoms. The molecule has 0 saturated carbocycles. The molecule has 0 amide bonds. The lowest BCUT2D eigenvalue weighted by Gasteiger charge is -2.56. The molecule has 0 aliphatic carbocycles. The molecule has 6 rings (SSSR count). The summed E-state index contributed by atoms with van der Waals surface area (Å²) in [6, 6.07) is 24.4. The molecule has 0 spiro atoms. The van der Waals surface area contributed by atoms with E-state index in [1.807, 2.05) is 36.4 Å². The van der Waals surface area contributed by atoms with Crippen LogP contribution in [0.15, 0.2) is 78.9 Å². The Balaban J connectivity index is 1.46. The summed E-state index contributed by atoms with van der Waals surface area (Å²) in [5, 5.41) is 13.6. The van der Waals surface area contributed by atoms with Gasteiger partial charge in [0, 0.05) is 30.6 Å². The summed E-state index contributed by atoms with van der Waals surface area (Å²) >= 11 is 0. The van der Waals surface area contributed by atoms with Gasteiger partial charge in [0.15, 0.2) is 0 Å². The minimum absolute atomic E-state index is 0.0345. The van der Waals surface area contributed by atoms with Crippen LogP contribution in [-0.2, 0) is 11.3 Å². The van der Waals surface area contributed by atoms with E-state index < -0.39 is 24.4 Å². The second-order valence-corrected chi connectivity index (χ2v) is 10.1. The number of aliphatic carboxylic acids is 1. The van der Waals surface area contributed by atoms with E-state index in [0.29, 0.717) is 11.3 Å². The van der Waals surface area contributed by atoms with Crippen molar-refractivity contribution in [2.75, 3.05) is 13.7 Å². The third-order valence-corrected chi connectivity index (χ3v) is 7.91. The van der Waals surface area contributed by atoms with E-state index in [-0.39, 0.29) is 30.2 Å². The Morgan fingerprint density at radius 3 is 2.26 bits per heavy atom. The molecule has 2 N–H and O–H groups in total. The number of alkyl halides is 3. The van der Waals surface area contributed by atoms with Crippen LogP contribution in [0.5, 0.6) is 11.5 Å². The van der Waals surface area contributed by atoms with Crippen LogP contribution in [-0.4, -0.2) is 48.2 Å². The fraction of sp³-hybridized carbons (Fsp3) is 0.367. The van der Waals surface area contributed by atoms with Crippen molar-refractivity contribution in [2.45, 2.75) is 43.9 Å². The number of piperidine rings is 3. The smallest absolute Gasteiger partial charge is 0.496 e. The van der Waals surface area contributed by atoms with Gasteiger partial charge in [-0.25, -0.2) is 0 Å². The molecule has 5 atom stereocenters. The highest BCUT2D eigenvalue weighted by atomic mass is 19.4. The molecule has 3 heterocycles. The highest BCUT2D eigenvalue weighted by Gasteiger charge is 2.52. The van der Waals surface area contributed by atoms with Crippen molar-refractivity contribution >= 4 is 5.97 Å². The molecular weight excluding hydrogens is 509 g/mol. The van der Waals surface area contributed by atoms with Gasteiger partial charge in [-0.1, -0.05) is 60.7 Å². The highest BCUT2D eigenvalue weighted by molar-refractivity contribution is 5.71. The van der Waals surface area contributed by atoms with Gasteiger partial charge in [0.1, 0.15) is 11.5 Å². The Morgan fingerprint density at radius 2 is 1.69 bits per heavy atom. The predicted molar refractivity (Wildman–Crippen MR) is 139 cm³/mol. The molecule has 3 fully saturated rings. The van der Waals surface area contributed by atoms with Gasteiger partial charge in [-0.3, -0.25) is 15.0 Å². The molecule has 3 aliphatic heterocycles. The lowest BCUT2D eigenvalue weighted by Crippen LogP contribution is -2.67. The number of nitrogens with one attached hydrogen (secondary N) is 1. The maximum absolute atomic E-state index is 12.8. The highest BCUT2D eigenvalue weighted by Crippen LogP contribution is 2.46. The van der Waals surface area contributed by atoms with E-state index in [4.69, 9.17) is 4.74 Å². The molecule has 3 aliphatic rings. The zero-order chi connectivity index (χ0) is 27.6. The van der Waals surface area contributed by atoms with Gasteiger partial charge in [0.25, 0.3) is 0 Å². The number of halogens is 3. The van der Waals surface area contributed by atoms with Crippen molar-refractivity contribution in [2.24, 2.45) is 11.8 Å². The molecule has 206 valence electrons. The third kappa shape index (κ3) is 5.89. The predicted octanol–water partition coefficient (Wildman–Crippen LogP) is 5.64. The second kappa shape index (κ2) is 11.3. The first-order chi connectivity index (χ1) is 18.7. The lowest BCUT2D eigenvalue weighted by atomic mass is 9.68. The summed E-state index contributed by atoms with van der Waals surface area (Å²) in [6.07, 6.45) is -3.81. The first kappa shape index (κ1) is 27.0. The first-order valence-corrected chi connectivity index (χ1v) is 13.0. The molecule has 3 saturated heterocycles. The van der Waals surface area contributed by atoms with Crippen LogP contribution in [0.4, 0.5) is 13.2 Å². The van der Waals surface area contributed by atoms with Crippen molar-refractivity contribution in [1.29, 1.82) is 0 Å². The van der Waals surface area contributed by atoms with Gasteiger partial charge in [0.2, 0.25) is 0 Å². The number of methoxy groups -OCH3 is 1. The van der Waals surface area contributed by atoms with E-state index in [1.54, 1.807) is 0 Å².